The van der Waals surface area contributed by atoms with E-state index in [4.69, 9.17) is 9.47 Å². The van der Waals surface area contributed by atoms with Crippen LogP contribution in [0.25, 0.3) is 11.1 Å². The van der Waals surface area contributed by atoms with E-state index >= 15 is 0 Å². The lowest BCUT2D eigenvalue weighted by Crippen LogP contribution is -2.34. The van der Waals surface area contributed by atoms with E-state index in [1.807, 2.05) is 0 Å². The molecule has 0 saturated carbocycles. The molecule has 2 aromatic carbocycles. The van der Waals surface area contributed by atoms with Crippen LogP contribution in [0.4, 0.5) is 13.2 Å². The van der Waals surface area contributed by atoms with Crippen molar-refractivity contribution in [2.24, 2.45) is 5.92 Å². The summed E-state index contributed by atoms with van der Waals surface area (Å²) in [6, 6.07) is 7.93. The van der Waals surface area contributed by atoms with Gasteiger partial charge in [0.1, 0.15) is 5.75 Å². The van der Waals surface area contributed by atoms with Gasteiger partial charge in [0.2, 0.25) is 0 Å². The summed E-state index contributed by atoms with van der Waals surface area (Å²) in [5, 5.41) is 0. The van der Waals surface area contributed by atoms with E-state index in [9.17, 15) is 18.0 Å². The van der Waals surface area contributed by atoms with Crippen molar-refractivity contribution < 1.29 is 27.4 Å². The first kappa shape index (κ1) is 17.5. The molecule has 3 rings (SSSR count). The molecule has 3 nitrogen and oxygen atoms in total. The van der Waals surface area contributed by atoms with Crippen LogP contribution in [0.5, 0.6) is 5.75 Å². The highest BCUT2D eigenvalue weighted by Gasteiger charge is 2.26. The summed E-state index contributed by atoms with van der Waals surface area (Å²) >= 11 is 0. The number of hydrogen-bond acceptors (Lipinski definition) is 3. The van der Waals surface area contributed by atoms with Crippen LogP contribution in [0.2, 0.25) is 0 Å². The third kappa shape index (κ3) is 4.02. The van der Waals surface area contributed by atoms with Gasteiger partial charge in [-0.05, 0) is 54.2 Å². The number of rotatable bonds is 3. The summed E-state index contributed by atoms with van der Waals surface area (Å²) in [5.74, 6) is -3.74. The fourth-order valence-electron chi connectivity index (χ4n) is 2.69. The van der Waals surface area contributed by atoms with Gasteiger partial charge in [-0.3, -0.25) is 0 Å². The molecule has 25 heavy (non-hydrogen) atoms. The van der Waals surface area contributed by atoms with E-state index in [0.717, 1.165) is 18.6 Å². The highest BCUT2D eigenvalue weighted by Crippen LogP contribution is 2.26. The van der Waals surface area contributed by atoms with E-state index in [0.29, 0.717) is 30.3 Å². The number of ether oxygens (including phenoxy) is 2. The lowest BCUT2D eigenvalue weighted by atomic mass is 10.0. The van der Waals surface area contributed by atoms with Crippen LogP contribution in [0, 0.1) is 23.4 Å². The average molecular weight is 350 g/mol. The Bertz CT molecular complexity index is 743. The smallest absolute Gasteiger partial charge is 0.340 e. The normalized spacial score (nSPS) is 20.3. The second-order valence-corrected chi connectivity index (χ2v) is 6.20. The summed E-state index contributed by atoms with van der Waals surface area (Å²) in [4.78, 5) is 12.1. The fourth-order valence-corrected chi connectivity index (χ4v) is 2.69. The molecule has 0 aromatic heterocycles. The van der Waals surface area contributed by atoms with Crippen molar-refractivity contribution >= 4 is 5.97 Å². The third-order valence-electron chi connectivity index (χ3n) is 4.16. The number of esters is 1. The standard InChI is InChI=1S/C19H17F3O3/c1-11-2-7-17(24-10-11)19(23)25-14-5-3-12(4-6-14)13-8-15(20)18(22)16(21)9-13/h3-6,8-9,11,17H,2,7,10H2,1H3. The van der Waals surface area contributed by atoms with Gasteiger partial charge in [0.05, 0.1) is 6.61 Å². The molecule has 0 spiro atoms. The molecule has 2 atom stereocenters. The van der Waals surface area contributed by atoms with Crippen LogP contribution in [0.3, 0.4) is 0 Å². The summed E-state index contributed by atoms with van der Waals surface area (Å²) in [5.41, 5.74) is 0.666. The molecule has 1 saturated heterocycles. The Kier molecular flexibility index (Phi) is 5.08. The molecule has 1 heterocycles. The van der Waals surface area contributed by atoms with E-state index in [1.54, 1.807) is 12.1 Å². The average Bonchev–Trinajstić information content (AvgIpc) is 2.60. The minimum Gasteiger partial charge on any atom is -0.425 e. The molecule has 2 unspecified atom stereocenters. The van der Waals surface area contributed by atoms with Crippen molar-refractivity contribution in [3.63, 3.8) is 0 Å². The van der Waals surface area contributed by atoms with Crippen LogP contribution in [-0.2, 0) is 9.53 Å². The van der Waals surface area contributed by atoms with Gasteiger partial charge in [0.25, 0.3) is 0 Å². The van der Waals surface area contributed by atoms with Crippen molar-refractivity contribution in [3.05, 3.63) is 53.8 Å². The van der Waals surface area contributed by atoms with Crippen LogP contribution in [0.15, 0.2) is 36.4 Å². The summed E-state index contributed by atoms with van der Waals surface area (Å²) in [6.45, 7) is 2.59. The Morgan fingerprint density at radius 1 is 1.04 bits per heavy atom. The van der Waals surface area contributed by atoms with E-state index in [2.05, 4.69) is 6.92 Å². The predicted octanol–water partition coefficient (Wildman–Crippen LogP) is 4.49. The lowest BCUT2D eigenvalue weighted by Gasteiger charge is -2.25. The second-order valence-electron chi connectivity index (χ2n) is 6.20. The lowest BCUT2D eigenvalue weighted by molar-refractivity contribution is -0.151. The minimum absolute atomic E-state index is 0.193. The fraction of sp³-hybridized carbons (Fsp3) is 0.316. The number of carbonyl (C=O) groups excluding carboxylic acids is 1. The first-order valence-electron chi connectivity index (χ1n) is 8.02. The van der Waals surface area contributed by atoms with Crippen molar-refractivity contribution in [1.29, 1.82) is 0 Å². The van der Waals surface area contributed by atoms with Gasteiger partial charge in [-0.25, -0.2) is 18.0 Å². The summed E-state index contributed by atoms with van der Waals surface area (Å²) in [7, 11) is 0. The van der Waals surface area contributed by atoms with Crippen LogP contribution in [0.1, 0.15) is 19.8 Å². The molecule has 132 valence electrons. The highest BCUT2D eigenvalue weighted by molar-refractivity contribution is 5.77. The zero-order valence-corrected chi connectivity index (χ0v) is 13.6. The maximum absolute atomic E-state index is 13.3. The maximum atomic E-state index is 13.3. The quantitative estimate of drug-likeness (QED) is 0.465. The SMILES string of the molecule is CC1CCC(C(=O)Oc2ccc(-c3cc(F)c(F)c(F)c3)cc2)OC1. The Morgan fingerprint density at radius 2 is 1.68 bits per heavy atom. The van der Waals surface area contributed by atoms with Gasteiger partial charge < -0.3 is 9.47 Å². The predicted molar refractivity (Wildman–Crippen MR) is 85.5 cm³/mol. The van der Waals surface area contributed by atoms with Crippen LogP contribution < -0.4 is 4.74 Å². The number of carbonyl (C=O) groups is 1. The van der Waals surface area contributed by atoms with Gasteiger partial charge in [-0.2, -0.15) is 0 Å². The van der Waals surface area contributed by atoms with Gasteiger partial charge in [0, 0.05) is 0 Å². The molecule has 0 bridgehead atoms. The molecule has 1 fully saturated rings. The van der Waals surface area contributed by atoms with Gasteiger partial charge in [-0.15, -0.1) is 0 Å². The number of hydrogen-bond donors (Lipinski definition) is 0. The molecule has 0 aliphatic carbocycles. The Balaban J connectivity index is 1.69. The van der Waals surface area contributed by atoms with Gasteiger partial charge in [-0.1, -0.05) is 19.1 Å². The topological polar surface area (TPSA) is 35.5 Å². The number of halogens is 3. The zero-order chi connectivity index (χ0) is 18.0. The first-order valence-corrected chi connectivity index (χ1v) is 8.02. The van der Waals surface area contributed by atoms with Crippen LogP contribution in [-0.4, -0.2) is 18.7 Å². The van der Waals surface area contributed by atoms with Crippen molar-refractivity contribution in [3.8, 4) is 16.9 Å². The van der Waals surface area contributed by atoms with E-state index < -0.39 is 29.5 Å². The van der Waals surface area contributed by atoms with E-state index in [1.165, 1.54) is 12.1 Å². The largest absolute Gasteiger partial charge is 0.425 e. The molecule has 6 heteroatoms. The molecule has 0 radical (unpaired) electrons. The maximum Gasteiger partial charge on any atom is 0.340 e. The molecular formula is C19H17F3O3. The molecule has 1 aliphatic heterocycles. The second kappa shape index (κ2) is 7.27. The van der Waals surface area contributed by atoms with Crippen molar-refractivity contribution in [2.75, 3.05) is 6.61 Å². The Hall–Kier alpha value is -2.34. The minimum atomic E-state index is -1.50. The molecule has 2 aromatic rings. The summed E-state index contributed by atoms with van der Waals surface area (Å²) < 4.78 is 50.4. The van der Waals surface area contributed by atoms with Crippen LogP contribution >= 0.6 is 0 Å². The van der Waals surface area contributed by atoms with Crippen molar-refractivity contribution in [1.82, 2.24) is 0 Å². The van der Waals surface area contributed by atoms with Gasteiger partial charge in [0.15, 0.2) is 23.6 Å². The summed E-state index contributed by atoms with van der Waals surface area (Å²) in [6.07, 6.45) is 0.947. The first-order chi connectivity index (χ1) is 11.9. The Labute approximate surface area is 143 Å². The zero-order valence-electron chi connectivity index (χ0n) is 13.6. The van der Waals surface area contributed by atoms with Crippen molar-refractivity contribution in [2.45, 2.75) is 25.9 Å². The van der Waals surface area contributed by atoms with E-state index in [-0.39, 0.29) is 5.56 Å². The molecule has 1 aliphatic rings. The highest BCUT2D eigenvalue weighted by atomic mass is 19.2. The third-order valence-corrected chi connectivity index (χ3v) is 4.16. The number of benzene rings is 2. The molecule has 0 N–H and O–H groups in total. The Morgan fingerprint density at radius 3 is 2.24 bits per heavy atom. The molecule has 0 amide bonds. The van der Waals surface area contributed by atoms with Gasteiger partial charge >= 0.3 is 5.97 Å². The molecular weight excluding hydrogens is 333 g/mol. The monoisotopic (exact) mass is 350 g/mol.